The zero-order valence-corrected chi connectivity index (χ0v) is 12.4. The van der Waals surface area contributed by atoms with E-state index in [0.717, 1.165) is 31.1 Å². The topological polar surface area (TPSA) is 53.6 Å². The molecule has 0 saturated carbocycles. The number of carbonyl (C=O) groups is 1. The fraction of sp³-hybridized carbons (Fsp3) is 0.533. The fourth-order valence-electron chi connectivity index (χ4n) is 2.36. The standard InChI is InChI=1S/C15H23N3O2/c1-15(2)11-16-8-9-18(15)10-14(19)17-12-4-6-13(20-3)7-5-12/h4-7,16H,8-11H2,1-3H3,(H,17,19). The van der Waals surface area contributed by atoms with Gasteiger partial charge in [-0.15, -0.1) is 0 Å². The van der Waals surface area contributed by atoms with Gasteiger partial charge in [0.2, 0.25) is 5.91 Å². The van der Waals surface area contributed by atoms with Crippen LogP contribution in [0.25, 0.3) is 0 Å². The maximum atomic E-state index is 12.1. The zero-order valence-electron chi connectivity index (χ0n) is 12.4. The number of nitrogens with zero attached hydrogens (tertiary/aromatic N) is 1. The molecular formula is C15H23N3O2. The molecule has 1 aromatic carbocycles. The third-order valence-corrected chi connectivity index (χ3v) is 3.68. The number of rotatable bonds is 4. The van der Waals surface area contributed by atoms with Gasteiger partial charge in [0.15, 0.2) is 0 Å². The van der Waals surface area contributed by atoms with Crippen LogP contribution in [0.1, 0.15) is 13.8 Å². The number of ether oxygens (including phenoxy) is 1. The number of hydrogen-bond acceptors (Lipinski definition) is 4. The predicted molar refractivity (Wildman–Crippen MR) is 80.1 cm³/mol. The average molecular weight is 277 g/mol. The molecule has 1 saturated heterocycles. The molecule has 20 heavy (non-hydrogen) atoms. The van der Waals surface area contributed by atoms with Crippen LogP contribution < -0.4 is 15.4 Å². The van der Waals surface area contributed by atoms with E-state index in [4.69, 9.17) is 4.74 Å². The van der Waals surface area contributed by atoms with Crippen LogP contribution in [0.3, 0.4) is 0 Å². The third-order valence-electron chi connectivity index (χ3n) is 3.68. The van der Waals surface area contributed by atoms with Crippen LogP contribution in [0.15, 0.2) is 24.3 Å². The molecule has 1 aliphatic rings. The number of piperazine rings is 1. The number of anilines is 1. The molecular weight excluding hydrogens is 254 g/mol. The van der Waals surface area contributed by atoms with Crippen LogP contribution in [0.4, 0.5) is 5.69 Å². The molecule has 0 spiro atoms. The van der Waals surface area contributed by atoms with Crippen molar-refractivity contribution in [2.24, 2.45) is 0 Å². The van der Waals surface area contributed by atoms with Crippen molar-refractivity contribution in [1.82, 2.24) is 10.2 Å². The van der Waals surface area contributed by atoms with E-state index in [1.54, 1.807) is 7.11 Å². The summed E-state index contributed by atoms with van der Waals surface area (Å²) in [7, 11) is 1.63. The van der Waals surface area contributed by atoms with E-state index in [-0.39, 0.29) is 11.4 Å². The van der Waals surface area contributed by atoms with Crippen molar-refractivity contribution in [2.75, 3.05) is 38.6 Å². The fourth-order valence-corrected chi connectivity index (χ4v) is 2.36. The predicted octanol–water partition coefficient (Wildman–Crippen LogP) is 1.32. The molecule has 1 aromatic rings. The van der Waals surface area contributed by atoms with Crippen LogP contribution in [0.2, 0.25) is 0 Å². The lowest BCUT2D eigenvalue weighted by molar-refractivity contribution is -0.119. The molecule has 0 bridgehead atoms. The normalized spacial score (nSPS) is 18.6. The highest BCUT2D eigenvalue weighted by Crippen LogP contribution is 2.17. The molecule has 0 unspecified atom stereocenters. The van der Waals surface area contributed by atoms with E-state index >= 15 is 0 Å². The summed E-state index contributed by atoms with van der Waals surface area (Å²) in [6, 6.07) is 7.37. The van der Waals surface area contributed by atoms with E-state index in [2.05, 4.69) is 29.4 Å². The summed E-state index contributed by atoms with van der Waals surface area (Å²) in [6.07, 6.45) is 0. The Labute approximate surface area is 120 Å². The van der Waals surface area contributed by atoms with Gasteiger partial charge >= 0.3 is 0 Å². The number of carbonyl (C=O) groups excluding carboxylic acids is 1. The van der Waals surface area contributed by atoms with E-state index in [1.165, 1.54) is 0 Å². The molecule has 1 amide bonds. The Hall–Kier alpha value is -1.59. The van der Waals surface area contributed by atoms with Crippen molar-refractivity contribution in [1.29, 1.82) is 0 Å². The number of amides is 1. The van der Waals surface area contributed by atoms with Crippen molar-refractivity contribution >= 4 is 11.6 Å². The molecule has 2 rings (SSSR count). The minimum Gasteiger partial charge on any atom is -0.497 e. The average Bonchev–Trinajstić information content (AvgIpc) is 2.42. The summed E-state index contributed by atoms with van der Waals surface area (Å²) in [6.45, 7) is 7.45. The summed E-state index contributed by atoms with van der Waals surface area (Å²) in [5.41, 5.74) is 0.805. The lowest BCUT2D eigenvalue weighted by atomic mass is 10.0. The summed E-state index contributed by atoms with van der Waals surface area (Å²) >= 11 is 0. The minimum atomic E-state index is 0.00942. The second-order valence-electron chi connectivity index (χ2n) is 5.69. The summed E-state index contributed by atoms with van der Waals surface area (Å²) < 4.78 is 5.10. The maximum absolute atomic E-state index is 12.1. The van der Waals surface area contributed by atoms with Gasteiger partial charge in [-0.2, -0.15) is 0 Å². The molecule has 0 radical (unpaired) electrons. The second kappa shape index (κ2) is 6.24. The van der Waals surface area contributed by atoms with Gasteiger partial charge < -0.3 is 15.4 Å². The summed E-state index contributed by atoms with van der Waals surface area (Å²) in [4.78, 5) is 14.3. The summed E-state index contributed by atoms with van der Waals surface area (Å²) in [5.74, 6) is 0.802. The number of nitrogens with one attached hydrogen (secondary N) is 2. The van der Waals surface area contributed by atoms with Gasteiger partial charge in [-0.25, -0.2) is 0 Å². The van der Waals surface area contributed by atoms with Crippen molar-refractivity contribution in [3.8, 4) is 5.75 Å². The highest BCUT2D eigenvalue weighted by atomic mass is 16.5. The second-order valence-corrected chi connectivity index (χ2v) is 5.69. The Balaban J connectivity index is 1.91. The first-order chi connectivity index (χ1) is 9.51. The molecule has 110 valence electrons. The van der Waals surface area contributed by atoms with E-state index in [1.807, 2.05) is 24.3 Å². The Morgan fingerprint density at radius 1 is 1.40 bits per heavy atom. The Bertz CT molecular complexity index is 457. The van der Waals surface area contributed by atoms with Gasteiger partial charge in [0.1, 0.15) is 5.75 Å². The summed E-state index contributed by atoms with van der Waals surface area (Å²) in [5, 5.41) is 6.28. The van der Waals surface area contributed by atoms with Gasteiger partial charge in [-0.3, -0.25) is 9.69 Å². The molecule has 0 aliphatic carbocycles. The highest BCUT2D eigenvalue weighted by Gasteiger charge is 2.30. The lowest BCUT2D eigenvalue weighted by Crippen LogP contribution is -2.59. The molecule has 0 aromatic heterocycles. The number of hydrogen-bond donors (Lipinski definition) is 2. The first-order valence-corrected chi connectivity index (χ1v) is 6.91. The van der Waals surface area contributed by atoms with E-state index < -0.39 is 0 Å². The third kappa shape index (κ3) is 3.71. The Morgan fingerprint density at radius 2 is 2.10 bits per heavy atom. The smallest absolute Gasteiger partial charge is 0.238 e. The Kier molecular flexibility index (Phi) is 4.62. The largest absolute Gasteiger partial charge is 0.497 e. The minimum absolute atomic E-state index is 0.00942. The van der Waals surface area contributed by atoms with Crippen molar-refractivity contribution in [3.63, 3.8) is 0 Å². The van der Waals surface area contributed by atoms with Crippen LogP contribution in [-0.2, 0) is 4.79 Å². The van der Waals surface area contributed by atoms with Crippen LogP contribution in [0, 0.1) is 0 Å². The number of benzene rings is 1. The van der Waals surface area contributed by atoms with Gasteiger partial charge in [0, 0.05) is 30.9 Å². The highest BCUT2D eigenvalue weighted by molar-refractivity contribution is 5.92. The first kappa shape index (κ1) is 14.8. The van der Waals surface area contributed by atoms with Gasteiger partial charge in [0.25, 0.3) is 0 Å². The van der Waals surface area contributed by atoms with E-state index in [9.17, 15) is 4.79 Å². The van der Waals surface area contributed by atoms with Crippen molar-refractivity contribution in [2.45, 2.75) is 19.4 Å². The molecule has 5 heteroatoms. The monoisotopic (exact) mass is 277 g/mol. The van der Waals surface area contributed by atoms with Crippen LogP contribution in [-0.4, -0.2) is 49.6 Å². The van der Waals surface area contributed by atoms with Gasteiger partial charge in [0.05, 0.1) is 13.7 Å². The zero-order chi connectivity index (χ0) is 14.6. The molecule has 5 nitrogen and oxygen atoms in total. The quantitative estimate of drug-likeness (QED) is 0.871. The van der Waals surface area contributed by atoms with E-state index in [0.29, 0.717) is 6.54 Å². The molecule has 2 N–H and O–H groups in total. The SMILES string of the molecule is COc1ccc(NC(=O)CN2CCNCC2(C)C)cc1. The number of methoxy groups -OCH3 is 1. The van der Waals surface area contributed by atoms with Crippen molar-refractivity contribution in [3.05, 3.63) is 24.3 Å². The molecule has 1 fully saturated rings. The molecule has 0 atom stereocenters. The van der Waals surface area contributed by atoms with Crippen LogP contribution >= 0.6 is 0 Å². The van der Waals surface area contributed by atoms with Crippen molar-refractivity contribution < 1.29 is 9.53 Å². The lowest BCUT2D eigenvalue weighted by Gasteiger charge is -2.42. The molecule has 1 aliphatic heterocycles. The Morgan fingerprint density at radius 3 is 2.70 bits per heavy atom. The van der Waals surface area contributed by atoms with Crippen LogP contribution in [0.5, 0.6) is 5.75 Å². The van der Waals surface area contributed by atoms with Gasteiger partial charge in [-0.05, 0) is 38.1 Å². The van der Waals surface area contributed by atoms with Gasteiger partial charge in [-0.1, -0.05) is 0 Å². The maximum Gasteiger partial charge on any atom is 0.238 e. The first-order valence-electron chi connectivity index (χ1n) is 6.91. The molecule has 1 heterocycles.